The summed E-state index contributed by atoms with van der Waals surface area (Å²) in [5, 5.41) is 12.1. The number of aliphatic hydroxyl groups is 1. The van der Waals surface area contributed by atoms with E-state index in [1.54, 1.807) is 24.5 Å². The summed E-state index contributed by atoms with van der Waals surface area (Å²) in [5.41, 5.74) is 0. The Kier molecular flexibility index (Phi) is 6.86. The van der Waals surface area contributed by atoms with Crippen molar-refractivity contribution in [3.8, 4) is 17.4 Å². The molecule has 0 atom stereocenters. The Hall–Kier alpha value is -2.58. The smallest absolute Gasteiger partial charge is 0.257 e. The predicted molar refractivity (Wildman–Crippen MR) is 97.1 cm³/mol. The summed E-state index contributed by atoms with van der Waals surface area (Å²) in [7, 11) is 0. The van der Waals surface area contributed by atoms with Crippen molar-refractivity contribution in [2.24, 2.45) is 0 Å². The maximum Gasteiger partial charge on any atom is 0.257 e. The fourth-order valence-electron chi connectivity index (χ4n) is 2.61. The molecular weight excluding hydrogens is 336 g/mol. The summed E-state index contributed by atoms with van der Waals surface area (Å²) >= 11 is 0. The van der Waals surface area contributed by atoms with Gasteiger partial charge in [0.2, 0.25) is 0 Å². The van der Waals surface area contributed by atoms with Crippen LogP contribution in [0.4, 0.5) is 5.82 Å². The molecule has 8 heteroatoms. The van der Waals surface area contributed by atoms with Gasteiger partial charge in [-0.15, -0.1) is 0 Å². The Morgan fingerprint density at radius 2 is 1.50 bits per heavy atom. The highest BCUT2D eigenvalue weighted by atomic mass is 16.5. The number of anilines is 1. The van der Waals surface area contributed by atoms with Crippen molar-refractivity contribution in [2.75, 3.05) is 57.5 Å². The first-order valence-electron chi connectivity index (χ1n) is 8.73. The molecule has 1 saturated heterocycles. The molecule has 140 valence electrons. The molecule has 1 aliphatic heterocycles. The molecule has 8 nitrogen and oxygen atoms in total. The predicted octanol–water partition coefficient (Wildman–Crippen LogP) is 0.715. The van der Waals surface area contributed by atoms with Crippen molar-refractivity contribution >= 4 is 5.82 Å². The third kappa shape index (κ3) is 5.21. The van der Waals surface area contributed by atoms with Crippen molar-refractivity contribution < 1.29 is 19.3 Å². The zero-order chi connectivity index (χ0) is 18.0. The molecule has 2 aromatic rings. The molecule has 0 unspecified atom stereocenters. The van der Waals surface area contributed by atoms with Crippen LogP contribution >= 0.6 is 0 Å². The second kappa shape index (κ2) is 9.79. The van der Waals surface area contributed by atoms with Gasteiger partial charge < -0.3 is 29.5 Å². The Bertz CT molecular complexity index is 662. The maximum absolute atomic E-state index is 8.74. The first-order valence-corrected chi connectivity index (χ1v) is 8.73. The molecule has 1 aliphatic rings. The number of piperazine rings is 1. The molecule has 1 aromatic heterocycles. The SMILES string of the molecule is OCCOc1ccc(OCCOc2nccnc2N2CCNCC2)cc1. The minimum atomic E-state index is -0.00605. The third-order valence-electron chi connectivity index (χ3n) is 3.84. The Labute approximate surface area is 152 Å². The number of nitrogens with zero attached hydrogens (tertiary/aromatic N) is 3. The van der Waals surface area contributed by atoms with E-state index in [4.69, 9.17) is 19.3 Å². The molecule has 26 heavy (non-hydrogen) atoms. The lowest BCUT2D eigenvalue weighted by Crippen LogP contribution is -2.44. The van der Waals surface area contributed by atoms with E-state index in [0.717, 1.165) is 37.7 Å². The fraction of sp³-hybridized carbons (Fsp3) is 0.444. The van der Waals surface area contributed by atoms with Gasteiger partial charge in [0.1, 0.15) is 31.3 Å². The Morgan fingerprint density at radius 1 is 0.885 bits per heavy atom. The lowest BCUT2D eigenvalue weighted by molar-refractivity contribution is 0.200. The highest BCUT2D eigenvalue weighted by Gasteiger charge is 2.17. The van der Waals surface area contributed by atoms with Crippen LogP contribution in [0.5, 0.6) is 17.4 Å². The summed E-state index contributed by atoms with van der Waals surface area (Å²) in [4.78, 5) is 10.9. The van der Waals surface area contributed by atoms with Crippen molar-refractivity contribution in [1.29, 1.82) is 0 Å². The third-order valence-corrected chi connectivity index (χ3v) is 3.84. The van der Waals surface area contributed by atoms with Gasteiger partial charge in [-0.05, 0) is 24.3 Å². The first kappa shape index (κ1) is 18.2. The topological polar surface area (TPSA) is 89.0 Å². The van der Waals surface area contributed by atoms with E-state index in [1.807, 2.05) is 12.1 Å². The zero-order valence-corrected chi connectivity index (χ0v) is 14.6. The molecule has 3 rings (SSSR count). The molecule has 0 saturated carbocycles. The fourth-order valence-corrected chi connectivity index (χ4v) is 2.61. The number of hydrogen-bond acceptors (Lipinski definition) is 8. The summed E-state index contributed by atoms with van der Waals surface area (Å²) in [5.74, 6) is 2.74. The summed E-state index contributed by atoms with van der Waals surface area (Å²) < 4.78 is 16.8. The van der Waals surface area contributed by atoms with Crippen molar-refractivity contribution in [3.05, 3.63) is 36.7 Å². The van der Waals surface area contributed by atoms with Crippen molar-refractivity contribution in [1.82, 2.24) is 15.3 Å². The average Bonchev–Trinajstić information content (AvgIpc) is 2.71. The zero-order valence-electron chi connectivity index (χ0n) is 14.6. The highest BCUT2D eigenvalue weighted by molar-refractivity contribution is 5.48. The van der Waals surface area contributed by atoms with E-state index < -0.39 is 0 Å². The van der Waals surface area contributed by atoms with Gasteiger partial charge in [0.05, 0.1) is 6.61 Å². The van der Waals surface area contributed by atoms with Crippen LogP contribution in [0.2, 0.25) is 0 Å². The quantitative estimate of drug-likeness (QED) is 0.632. The molecule has 0 aliphatic carbocycles. The summed E-state index contributed by atoms with van der Waals surface area (Å²) in [6.45, 7) is 4.67. The molecule has 2 heterocycles. The minimum absolute atomic E-state index is 0.00605. The number of rotatable bonds is 9. The van der Waals surface area contributed by atoms with Gasteiger partial charge in [0.25, 0.3) is 5.88 Å². The number of aromatic nitrogens is 2. The van der Waals surface area contributed by atoms with Gasteiger partial charge in [-0.25, -0.2) is 9.97 Å². The van der Waals surface area contributed by atoms with Gasteiger partial charge in [0.15, 0.2) is 5.82 Å². The minimum Gasteiger partial charge on any atom is -0.491 e. The standard InChI is InChI=1S/C18H24N4O4/c23-11-12-24-15-1-3-16(4-2-15)25-13-14-26-18-17(20-5-6-21-18)22-9-7-19-8-10-22/h1-6,19,23H,7-14H2. The molecule has 2 N–H and O–H groups in total. The van der Waals surface area contributed by atoms with Crippen LogP contribution in [-0.2, 0) is 0 Å². The van der Waals surface area contributed by atoms with Gasteiger partial charge in [-0.3, -0.25) is 0 Å². The van der Waals surface area contributed by atoms with E-state index in [0.29, 0.717) is 24.8 Å². The molecule has 1 fully saturated rings. The van der Waals surface area contributed by atoms with Crippen LogP contribution in [0.3, 0.4) is 0 Å². The maximum atomic E-state index is 8.74. The van der Waals surface area contributed by atoms with E-state index in [2.05, 4.69) is 20.2 Å². The van der Waals surface area contributed by atoms with Crippen LogP contribution < -0.4 is 24.4 Å². The van der Waals surface area contributed by atoms with Gasteiger partial charge >= 0.3 is 0 Å². The molecule has 0 spiro atoms. The van der Waals surface area contributed by atoms with Gasteiger partial charge in [0, 0.05) is 38.6 Å². The van der Waals surface area contributed by atoms with Crippen molar-refractivity contribution in [3.63, 3.8) is 0 Å². The first-order chi connectivity index (χ1) is 12.9. The van der Waals surface area contributed by atoms with E-state index >= 15 is 0 Å². The number of nitrogens with one attached hydrogen (secondary N) is 1. The van der Waals surface area contributed by atoms with Crippen LogP contribution in [0.15, 0.2) is 36.7 Å². The van der Waals surface area contributed by atoms with Gasteiger partial charge in [-0.2, -0.15) is 0 Å². The normalized spacial score (nSPS) is 14.1. The molecule has 0 bridgehead atoms. The van der Waals surface area contributed by atoms with Crippen LogP contribution in [-0.4, -0.2) is 67.7 Å². The Morgan fingerprint density at radius 3 is 2.19 bits per heavy atom. The average molecular weight is 360 g/mol. The number of aliphatic hydroxyl groups excluding tert-OH is 1. The van der Waals surface area contributed by atoms with Crippen LogP contribution in [0.1, 0.15) is 0 Å². The highest BCUT2D eigenvalue weighted by Crippen LogP contribution is 2.23. The van der Waals surface area contributed by atoms with Crippen LogP contribution in [0.25, 0.3) is 0 Å². The number of ether oxygens (including phenoxy) is 3. The summed E-state index contributed by atoms with van der Waals surface area (Å²) in [6.07, 6.45) is 3.31. The van der Waals surface area contributed by atoms with E-state index in [9.17, 15) is 0 Å². The Balaban J connectivity index is 1.46. The van der Waals surface area contributed by atoms with E-state index in [1.165, 1.54) is 0 Å². The molecule has 0 radical (unpaired) electrons. The number of benzene rings is 1. The van der Waals surface area contributed by atoms with E-state index in [-0.39, 0.29) is 13.2 Å². The molecule has 1 aromatic carbocycles. The lowest BCUT2D eigenvalue weighted by Gasteiger charge is -2.28. The van der Waals surface area contributed by atoms with Crippen LogP contribution in [0, 0.1) is 0 Å². The second-order valence-electron chi connectivity index (χ2n) is 5.66. The van der Waals surface area contributed by atoms with Gasteiger partial charge in [-0.1, -0.05) is 0 Å². The lowest BCUT2D eigenvalue weighted by atomic mass is 10.3. The molecule has 0 amide bonds. The largest absolute Gasteiger partial charge is 0.491 e. The second-order valence-corrected chi connectivity index (χ2v) is 5.66. The molecular formula is C18H24N4O4. The monoisotopic (exact) mass is 360 g/mol. The summed E-state index contributed by atoms with van der Waals surface area (Å²) in [6, 6.07) is 7.25. The van der Waals surface area contributed by atoms with Crippen molar-refractivity contribution in [2.45, 2.75) is 0 Å². The number of hydrogen-bond donors (Lipinski definition) is 2.